The van der Waals surface area contributed by atoms with Crippen molar-refractivity contribution in [1.29, 1.82) is 0 Å². The van der Waals surface area contributed by atoms with Gasteiger partial charge in [-0.1, -0.05) is 111 Å². The highest BCUT2D eigenvalue weighted by atomic mass is 32.1. The van der Waals surface area contributed by atoms with Crippen LogP contribution in [0.2, 0.25) is 0 Å². The summed E-state index contributed by atoms with van der Waals surface area (Å²) in [5.74, 6) is 0.756. The topological polar surface area (TPSA) is 29.0 Å². The summed E-state index contributed by atoms with van der Waals surface area (Å²) in [5.41, 5.74) is 13.4. The molecule has 7 aromatic rings. The Hall–Kier alpha value is -5.06. The highest BCUT2D eigenvalue weighted by Gasteiger charge is 2.36. The fourth-order valence-corrected chi connectivity index (χ4v) is 7.79. The largest absolute Gasteiger partial charge is 0.310 e. The van der Waals surface area contributed by atoms with Gasteiger partial charge in [0, 0.05) is 22.2 Å². The molecule has 0 fully saturated rings. The quantitative estimate of drug-likeness (QED) is 0.212. The molecule has 204 valence electrons. The van der Waals surface area contributed by atoms with E-state index in [-0.39, 0.29) is 5.41 Å². The summed E-state index contributed by atoms with van der Waals surface area (Å²) in [4.78, 5) is 7.44. The molecule has 43 heavy (non-hydrogen) atoms. The zero-order valence-electron chi connectivity index (χ0n) is 23.9. The molecule has 9 rings (SSSR count). The standard InChI is InChI=1S/C39H27N3S/c1-39(2)32-16-3-5-18-34(32)42(35-19-6-4-17-33(35)39)27-13-7-12-25(22-27)37-40-38(43-41-37)26-20-21-28-29-14-8-10-24-11-9-15-30(36(24)29)31(28)23-26/h3-23H,1-2H3. The maximum Gasteiger partial charge on any atom is 0.173 e. The molecule has 0 amide bonds. The zero-order valence-corrected chi connectivity index (χ0v) is 24.7. The molecular weight excluding hydrogens is 543 g/mol. The van der Waals surface area contributed by atoms with Gasteiger partial charge >= 0.3 is 0 Å². The minimum Gasteiger partial charge on any atom is -0.310 e. The number of aromatic nitrogens is 2. The van der Waals surface area contributed by atoms with E-state index in [0.717, 1.165) is 27.6 Å². The van der Waals surface area contributed by atoms with E-state index < -0.39 is 0 Å². The summed E-state index contributed by atoms with van der Waals surface area (Å²) in [7, 11) is 0. The molecule has 0 N–H and O–H groups in total. The van der Waals surface area contributed by atoms with Crippen LogP contribution in [0.1, 0.15) is 25.0 Å². The molecule has 0 atom stereocenters. The van der Waals surface area contributed by atoms with Crippen LogP contribution in [0.4, 0.5) is 17.1 Å². The first kappa shape index (κ1) is 24.5. The van der Waals surface area contributed by atoms with Crippen LogP contribution in [-0.2, 0) is 5.41 Å². The minimum atomic E-state index is -0.0879. The van der Waals surface area contributed by atoms with Crippen LogP contribution in [-0.4, -0.2) is 9.36 Å². The van der Waals surface area contributed by atoms with Crippen molar-refractivity contribution in [3.05, 3.63) is 139 Å². The molecule has 1 aromatic heterocycles. The van der Waals surface area contributed by atoms with Crippen molar-refractivity contribution in [2.45, 2.75) is 19.3 Å². The molecule has 0 bridgehead atoms. The molecule has 0 radical (unpaired) electrons. The monoisotopic (exact) mass is 569 g/mol. The van der Waals surface area contributed by atoms with Crippen LogP contribution in [0.5, 0.6) is 0 Å². The van der Waals surface area contributed by atoms with Gasteiger partial charge in [-0.25, -0.2) is 4.98 Å². The molecule has 0 saturated carbocycles. The molecule has 4 heteroatoms. The number of hydrogen-bond acceptors (Lipinski definition) is 4. The maximum absolute atomic E-state index is 5.06. The lowest BCUT2D eigenvalue weighted by Gasteiger charge is -2.42. The fraction of sp³-hybridized carbons (Fsp3) is 0.0769. The fourth-order valence-electron chi connectivity index (χ4n) is 7.11. The van der Waals surface area contributed by atoms with Crippen LogP contribution in [0.15, 0.2) is 127 Å². The van der Waals surface area contributed by atoms with E-state index in [1.807, 2.05) is 0 Å². The smallest absolute Gasteiger partial charge is 0.173 e. The number of nitrogens with zero attached hydrogens (tertiary/aromatic N) is 3. The molecule has 2 heterocycles. The summed E-state index contributed by atoms with van der Waals surface area (Å²) in [5, 5.41) is 3.56. The molecule has 6 aromatic carbocycles. The van der Waals surface area contributed by atoms with E-state index in [4.69, 9.17) is 9.36 Å². The van der Waals surface area contributed by atoms with E-state index in [9.17, 15) is 0 Å². The molecule has 1 aliphatic carbocycles. The lowest BCUT2D eigenvalue weighted by molar-refractivity contribution is 0.632. The third-order valence-electron chi connectivity index (χ3n) is 9.18. The van der Waals surface area contributed by atoms with Gasteiger partial charge in [-0.3, -0.25) is 0 Å². The number of rotatable bonds is 3. The third-order valence-corrected chi connectivity index (χ3v) is 9.94. The van der Waals surface area contributed by atoms with Crippen molar-refractivity contribution in [3.8, 4) is 44.2 Å². The van der Waals surface area contributed by atoms with Crippen LogP contribution in [0, 0.1) is 0 Å². The van der Waals surface area contributed by atoms with Gasteiger partial charge in [-0.2, -0.15) is 4.37 Å². The first-order valence-corrected chi connectivity index (χ1v) is 15.5. The Labute approximate surface area is 254 Å². The van der Waals surface area contributed by atoms with Gasteiger partial charge in [0.05, 0.1) is 11.4 Å². The maximum atomic E-state index is 5.06. The minimum absolute atomic E-state index is 0.0879. The lowest BCUT2D eigenvalue weighted by Crippen LogP contribution is -2.30. The van der Waals surface area contributed by atoms with E-state index in [2.05, 4.69) is 146 Å². The van der Waals surface area contributed by atoms with Gasteiger partial charge in [0.25, 0.3) is 0 Å². The van der Waals surface area contributed by atoms with Gasteiger partial charge in [0.1, 0.15) is 5.01 Å². The van der Waals surface area contributed by atoms with Crippen LogP contribution < -0.4 is 4.90 Å². The normalized spacial score (nSPS) is 14.0. The van der Waals surface area contributed by atoms with E-state index in [1.54, 1.807) is 0 Å². The first-order chi connectivity index (χ1) is 21.1. The average Bonchev–Trinajstić information content (AvgIpc) is 3.67. The average molecular weight is 570 g/mol. The number of anilines is 3. The van der Waals surface area contributed by atoms with Gasteiger partial charge in [-0.05, 0) is 86.0 Å². The van der Waals surface area contributed by atoms with E-state index in [1.165, 1.54) is 67.1 Å². The number of fused-ring (bicyclic) bond motifs is 5. The second kappa shape index (κ2) is 8.97. The summed E-state index contributed by atoms with van der Waals surface area (Å²) in [6.07, 6.45) is 0. The van der Waals surface area contributed by atoms with Gasteiger partial charge in [-0.15, -0.1) is 0 Å². The van der Waals surface area contributed by atoms with Crippen molar-refractivity contribution in [2.75, 3.05) is 4.90 Å². The second-order valence-electron chi connectivity index (χ2n) is 11.9. The Morgan fingerprint density at radius 3 is 2.00 bits per heavy atom. The van der Waals surface area contributed by atoms with Crippen LogP contribution in [0.3, 0.4) is 0 Å². The Bertz CT molecular complexity index is 2190. The van der Waals surface area contributed by atoms with Gasteiger partial charge in [0.15, 0.2) is 5.82 Å². The number of benzene rings is 6. The predicted molar refractivity (Wildman–Crippen MR) is 180 cm³/mol. The summed E-state index contributed by atoms with van der Waals surface area (Å²) < 4.78 is 4.84. The highest BCUT2D eigenvalue weighted by Crippen LogP contribution is 2.52. The number of hydrogen-bond donors (Lipinski definition) is 0. The van der Waals surface area contributed by atoms with Crippen molar-refractivity contribution in [1.82, 2.24) is 9.36 Å². The second-order valence-corrected chi connectivity index (χ2v) is 12.7. The molecule has 0 unspecified atom stereocenters. The first-order valence-electron chi connectivity index (χ1n) is 14.7. The molecule has 0 saturated heterocycles. The van der Waals surface area contributed by atoms with E-state index >= 15 is 0 Å². The zero-order chi connectivity index (χ0) is 28.7. The van der Waals surface area contributed by atoms with Crippen molar-refractivity contribution < 1.29 is 0 Å². The molecule has 2 aliphatic rings. The highest BCUT2D eigenvalue weighted by molar-refractivity contribution is 7.09. The third kappa shape index (κ3) is 3.54. The molecule has 0 spiro atoms. The van der Waals surface area contributed by atoms with E-state index in [0.29, 0.717) is 0 Å². The van der Waals surface area contributed by atoms with Crippen molar-refractivity contribution in [3.63, 3.8) is 0 Å². The lowest BCUT2D eigenvalue weighted by atomic mass is 9.73. The molecular formula is C39H27N3S. The van der Waals surface area contributed by atoms with Crippen molar-refractivity contribution >= 4 is 39.4 Å². The van der Waals surface area contributed by atoms with Crippen molar-refractivity contribution in [2.24, 2.45) is 0 Å². The molecule has 3 nitrogen and oxygen atoms in total. The Kier molecular flexibility index (Phi) is 5.12. The number of para-hydroxylation sites is 2. The van der Waals surface area contributed by atoms with Crippen LogP contribution in [0.25, 0.3) is 55.0 Å². The predicted octanol–water partition coefficient (Wildman–Crippen LogP) is 10.8. The Morgan fingerprint density at radius 1 is 0.581 bits per heavy atom. The van der Waals surface area contributed by atoms with Crippen LogP contribution >= 0.6 is 11.5 Å². The Balaban J connectivity index is 1.11. The van der Waals surface area contributed by atoms with Gasteiger partial charge < -0.3 is 4.90 Å². The Morgan fingerprint density at radius 2 is 1.26 bits per heavy atom. The van der Waals surface area contributed by atoms with Gasteiger partial charge in [0.2, 0.25) is 0 Å². The molecule has 1 aliphatic heterocycles. The summed E-state index contributed by atoms with van der Waals surface area (Å²) >= 11 is 1.46. The SMILES string of the molecule is CC1(C)c2ccccc2N(c2cccc(-c3nsc(-c4ccc5c(c4)-c4cccc6cccc-5c46)n3)c2)c2ccccc21. The summed E-state index contributed by atoms with van der Waals surface area (Å²) in [6.45, 7) is 4.63. The summed E-state index contributed by atoms with van der Waals surface area (Å²) in [6, 6.07) is 46.0.